The van der Waals surface area contributed by atoms with E-state index in [0.29, 0.717) is 13.0 Å². The second-order valence-electron chi connectivity index (χ2n) is 7.38. The average Bonchev–Trinajstić information content (AvgIpc) is 2.72. The molecular weight excluding hydrogens is 352 g/mol. The molecule has 0 saturated heterocycles. The SMILES string of the molecule is COC1CCC(c2ccc(C)cc2)=C(COc2ccc(CCC(=O)O)cc2)C1. The van der Waals surface area contributed by atoms with Gasteiger partial charge in [0, 0.05) is 13.5 Å². The van der Waals surface area contributed by atoms with Crippen molar-refractivity contribution in [3.05, 3.63) is 70.8 Å². The number of rotatable bonds is 8. The van der Waals surface area contributed by atoms with E-state index in [-0.39, 0.29) is 12.5 Å². The molecule has 1 atom stereocenters. The largest absolute Gasteiger partial charge is 0.489 e. The molecule has 3 rings (SSSR count). The van der Waals surface area contributed by atoms with Crippen molar-refractivity contribution in [2.45, 2.75) is 45.1 Å². The summed E-state index contributed by atoms with van der Waals surface area (Å²) in [6.07, 6.45) is 3.83. The summed E-state index contributed by atoms with van der Waals surface area (Å²) in [6.45, 7) is 2.64. The first-order valence-corrected chi connectivity index (χ1v) is 9.79. The lowest BCUT2D eigenvalue weighted by molar-refractivity contribution is -0.136. The van der Waals surface area contributed by atoms with Crippen LogP contribution in [-0.4, -0.2) is 30.9 Å². The molecule has 2 aromatic carbocycles. The van der Waals surface area contributed by atoms with Crippen LogP contribution in [0.2, 0.25) is 0 Å². The molecule has 0 saturated carbocycles. The highest BCUT2D eigenvalue weighted by Gasteiger charge is 2.22. The van der Waals surface area contributed by atoms with Crippen LogP contribution in [0.25, 0.3) is 5.57 Å². The quantitative estimate of drug-likeness (QED) is 0.697. The van der Waals surface area contributed by atoms with Crippen LogP contribution < -0.4 is 4.74 Å². The number of benzene rings is 2. The summed E-state index contributed by atoms with van der Waals surface area (Å²) < 4.78 is 11.7. The van der Waals surface area contributed by atoms with E-state index in [1.54, 1.807) is 7.11 Å². The Kier molecular flexibility index (Phi) is 6.88. The first kappa shape index (κ1) is 20.2. The molecule has 2 aromatic rings. The van der Waals surface area contributed by atoms with E-state index in [2.05, 4.69) is 31.2 Å². The van der Waals surface area contributed by atoms with E-state index >= 15 is 0 Å². The summed E-state index contributed by atoms with van der Waals surface area (Å²) in [6, 6.07) is 16.4. The van der Waals surface area contributed by atoms with Crippen molar-refractivity contribution >= 4 is 11.5 Å². The van der Waals surface area contributed by atoms with Crippen LogP contribution >= 0.6 is 0 Å². The molecule has 148 valence electrons. The van der Waals surface area contributed by atoms with E-state index in [4.69, 9.17) is 14.6 Å². The van der Waals surface area contributed by atoms with Crippen molar-refractivity contribution in [1.29, 1.82) is 0 Å². The summed E-state index contributed by atoms with van der Waals surface area (Å²) in [5, 5.41) is 8.79. The maximum Gasteiger partial charge on any atom is 0.303 e. The lowest BCUT2D eigenvalue weighted by Crippen LogP contribution is -2.20. The maximum absolute atomic E-state index is 10.7. The zero-order chi connectivity index (χ0) is 19.9. The Hall–Kier alpha value is -2.59. The monoisotopic (exact) mass is 380 g/mol. The lowest BCUT2D eigenvalue weighted by Gasteiger charge is -2.27. The molecule has 0 heterocycles. The normalized spacial score (nSPS) is 16.9. The molecule has 1 aliphatic rings. The second kappa shape index (κ2) is 9.56. The van der Waals surface area contributed by atoms with Crippen LogP contribution in [0.5, 0.6) is 5.75 Å². The summed E-state index contributed by atoms with van der Waals surface area (Å²) in [7, 11) is 1.77. The van der Waals surface area contributed by atoms with Gasteiger partial charge >= 0.3 is 5.97 Å². The maximum atomic E-state index is 10.7. The van der Waals surface area contributed by atoms with Gasteiger partial charge in [-0.15, -0.1) is 0 Å². The standard InChI is InChI=1S/C24H28O4/c1-17-3-8-19(9-4-17)23-13-12-22(27-2)15-20(23)16-28-21-10-5-18(6-11-21)7-14-24(25)26/h3-6,8-11,22H,7,12-16H2,1-2H3,(H,25,26). The van der Waals surface area contributed by atoms with E-state index in [1.165, 1.54) is 22.3 Å². The highest BCUT2D eigenvalue weighted by Crippen LogP contribution is 2.34. The number of aliphatic carboxylic acids is 1. The van der Waals surface area contributed by atoms with Crippen LogP contribution in [0.4, 0.5) is 0 Å². The molecule has 0 amide bonds. The van der Waals surface area contributed by atoms with Crippen LogP contribution in [0, 0.1) is 6.92 Å². The molecule has 1 unspecified atom stereocenters. The van der Waals surface area contributed by atoms with Crippen LogP contribution in [-0.2, 0) is 16.0 Å². The summed E-state index contributed by atoms with van der Waals surface area (Å²) in [4.78, 5) is 10.7. The van der Waals surface area contributed by atoms with Crippen molar-refractivity contribution in [1.82, 2.24) is 0 Å². The fraction of sp³-hybridized carbons (Fsp3) is 0.375. The van der Waals surface area contributed by atoms with Crippen molar-refractivity contribution < 1.29 is 19.4 Å². The van der Waals surface area contributed by atoms with Gasteiger partial charge in [-0.25, -0.2) is 0 Å². The van der Waals surface area contributed by atoms with Crippen molar-refractivity contribution in [3.8, 4) is 5.75 Å². The number of hydrogen-bond donors (Lipinski definition) is 1. The van der Waals surface area contributed by atoms with Gasteiger partial charge in [0.1, 0.15) is 12.4 Å². The Labute approximate surface area is 166 Å². The van der Waals surface area contributed by atoms with Crippen molar-refractivity contribution in [2.24, 2.45) is 0 Å². The Balaban J connectivity index is 1.71. The summed E-state index contributed by atoms with van der Waals surface area (Å²) in [5.41, 5.74) is 6.19. The van der Waals surface area contributed by atoms with Gasteiger partial charge in [0.15, 0.2) is 0 Å². The van der Waals surface area contributed by atoms with E-state index in [0.717, 1.165) is 30.6 Å². The second-order valence-corrected chi connectivity index (χ2v) is 7.38. The number of ether oxygens (including phenoxy) is 2. The molecule has 28 heavy (non-hydrogen) atoms. The van der Waals surface area contributed by atoms with E-state index in [1.807, 2.05) is 24.3 Å². The third-order valence-corrected chi connectivity index (χ3v) is 5.31. The van der Waals surface area contributed by atoms with Crippen LogP contribution in [0.1, 0.15) is 42.4 Å². The average molecular weight is 380 g/mol. The van der Waals surface area contributed by atoms with Crippen LogP contribution in [0.15, 0.2) is 54.1 Å². The van der Waals surface area contributed by atoms with Gasteiger partial charge in [0.25, 0.3) is 0 Å². The Morgan fingerprint density at radius 1 is 1.11 bits per heavy atom. The predicted molar refractivity (Wildman–Crippen MR) is 111 cm³/mol. The van der Waals surface area contributed by atoms with Gasteiger partial charge in [0.05, 0.1) is 6.10 Å². The number of methoxy groups -OCH3 is 1. The first-order chi connectivity index (χ1) is 13.5. The molecule has 1 aliphatic carbocycles. The fourth-order valence-corrected chi connectivity index (χ4v) is 3.61. The lowest BCUT2D eigenvalue weighted by atomic mass is 9.86. The minimum Gasteiger partial charge on any atom is -0.489 e. The number of allylic oxidation sites excluding steroid dienone is 1. The molecule has 0 radical (unpaired) electrons. The zero-order valence-corrected chi connectivity index (χ0v) is 16.6. The third kappa shape index (κ3) is 5.46. The number of aryl methyl sites for hydroxylation is 2. The van der Waals surface area contributed by atoms with Crippen molar-refractivity contribution in [2.75, 3.05) is 13.7 Å². The Morgan fingerprint density at radius 3 is 2.46 bits per heavy atom. The molecule has 0 aromatic heterocycles. The van der Waals surface area contributed by atoms with Gasteiger partial charge in [-0.05, 0) is 67.0 Å². The fourth-order valence-electron chi connectivity index (χ4n) is 3.61. The topological polar surface area (TPSA) is 55.8 Å². The van der Waals surface area contributed by atoms with Gasteiger partial charge in [-0.3, -0.25) is 4.79 Å². The van der Waals surface area contributed by atoms with Gasteiger partial charge < -0.3 is 14.6 Å². The predicted octanol–water partition coefficient (Wildman–Crippen LogP) is 5.04. The number of carbonyl (C=O) groups is 1. The number of carboxylic acid groups (broad SMARTS) is 1. The highest BCUT2D eigenvalue weighted by molar-refractivity contribution is 5.70. The molecule has 4 nitrogen and oxygen atoms in total. The van der Waals surface area contributed by atoms with Crippen molar-refractivity contribution in [3.63, 3.8) is 0 Å². The summed E-state index contributed by atoms with van der Waals surface area (Å²) >= 11 is 0. The molecule has 4 heteroatoms. The minimum atomic E-state index is -0.777. The molecule has 1 N–H and O–H groups in total. The zero-order valence-electron chi connectivity index (χ0n) is 16.6. The Morgan fingerprint density at radius 2 is 1.82 bits per heavy atom. The number of carboxylic acids is 1. The first-order valence-electron chi connectivity index (χ1n) is 9.79. The van der Waals surface area contributed by atoms with Gasteiger partial charge in [-0.2, -0.15) is 0 Å². The molecule has 0 fully saturated rings. The number of hydrogen-bond acceptors (Lipinski definition) is 3. The van der Waals surface area contributed by atoms with E-state index in [9.17, 15) is 4.79 Å². The molecule has 0 aliphatic heterocycles. The smallest absolute Gasteiger partial charge is 0.303 e. The Bertz CT molecular complexity index is 819. The molecule has 0 spiro atoms. The van der Waals surface area contributed by atoms with Crippen LogP contribution in [0.3, 0.4) is 0 Å². The highest BCUT2D eigenvalue weighted by atomic mass is 16.5. The summed E-state index contributed by atoms with van der Waals surface area (Å²) in [5.74, 6) is 0.0234. The minimum absolute atomic E-state index is 0.144. The molecular formula is C24H28O4. The molecule has 0 bridgehead atoms. The van der Waals surface area contributed by atoms with Gasteiger partial charge in [-0.1, -0.05) is 42.0 Å². The van der Waals surface area contributed by atoms with E-state index < -0.39 is 5.97 Å². The van der Waals surface area contributed by atoms with Gasteiger partial charge in [0.2, 0.25) is 0 Å². The third-order valence-electron chi connectivity index (χ3n) is 5.31.